The highest BCUT2D eigenvalue weighted by Gasteiger charge is 2.29. The van der Waals surface area contributed by atoms with Crippen molar-refractivity contribution in [2.24, 2.45) is 5.92 Å². The van der Waals surface area contributed by atoms with Gasteiger partial charge in [-0.05, 0) is 12.0 Å². The predicted molar refractivity (Wildman–Crippen MR) is 76.2 cm³/mol. The summed E-state index contributed by atoms with van der Waals surface area (Å²) < 4.78 is 5.30. The molecule has 1 aromatic rings. The van der Waals surface area contributed by atoms with Crippen LogP contribution in [0.1, 0.15) is 31.7 Å². The predicted octanol–water partition coefficient (Wildman–Crippen LogP) is 3.01. The fourth-order valence-corrected chi connectivity index (χ4v) is 2.49. The van der Waals surface area contributed by atoms with E-state index in [2.05, 4.69) is 6.92 Å². The van der Waals surface area contributed by atoms with Gasteiger partial charge in [-0.25, -0.2) is 4.79 Å². The summed E-state index contributed by atoms with van der Waals surface area (Å²) in [6.45, 7) is 3.31. The van der Waals surface area contributed by atoms with Crippen LogP contribution in [0, 0.1) is 5.92 Å². The standard InChI is InChI=1S/C16H21NO3/c1-2-6-14-11-17(10-9-15(14)18)16(19)20-12-13-7-4-3-5-8-13/h3-5,7-8,14H,2,6,9-12H2,1H3/t14-/m1/s1. The van der Waals surface area contributed by atoms with Crippen LogP contribution in [0.25, 0.3) is 0 Å². The third-order valence-electron chi connectivity index (χ3n) is 3.62. The maximum Gasteiger partial charge on any atom is 0.410 e. The molecule has 0 N–H and O–H groups in total. The van der Waals surface area contributed by atoms with Gasteiger partial charge in [0, 0.05) is 25.4 Å². The molecule has 0 aromatic heterocycles. The lowest BCUT2D eigenvalue weighted by Crippen LogP contribution is -2.44. The van der Waals surface area contributed by atoms with Crippen molar-refractivity contribution in [3.05, 3.63) is 35.9 Å². The van der Waals surface area contributed by atoms with Crippen molar-refractivity contribution in [1.29, 1.82) is 0 Å². The highest BCUT2D eigenvalue weighted by Crippen LogP contribution is 2.18. The number of ether oxygens (including phenoxy) is 1. The summed E-state index contributed by atoms with van der Waals surface area (Å²) in [5.41, 5.74) is 0.971. The Labute approximate surface area is 119 Å². The largest absolute Gasteiger partial charge is 0.445 e. The number of benzene rings is 1. The topological polar surface area (TPSA) is 46.6 Å². The molecule has 108 valence electrons. The van der Waals surface area contributed by atoms with E-state index < -0.39 is 0 Å². The molecule has 0 radical (unpaired) electrons. The highest BCUT2D eigenvalue weighted by atomic mass is 16.6. The molecule has 1 aliphatic rings. The van der Waals surface area contributed by atoms with Crippen LogP contribution in [-0.2, 0) is 16.1 Å². The van der Waals surface area contributed by atoms with Gasteiger partial charge >= 0.3 is 6.09 Å². The number of piperidine rings is 1. The fraction of sp³-hybridized carbons (Fsp3) is 0.500. The first-order valence-electron chi connectivity index (χ1n) is 7.19. The average molecular weight is 275 g/mol. The van der Waals surface area contributed by atoms with Crippen LogP contribution >= 0.6 is 0 Å². The second kappa shape index (κ2) is 7.08. The number of nitrogens with zero attached hydrogens (tertiary/aromatic N) is 1. The number of hydrogen-bond donors (Lipinski definition) is 0. The summed E-state index contributed by atoms with van der Waals surface area (Å²) in [5, 5.41) is 0. The van der Waals surface area contributed by atoms with Crippen LogP contribution in [0.4, 0.5) is 4.79 Å². The minimum absolute atomic E-state index is 0.0157. The van der Waals surface area contributed by atoms with E-state index in [4.69, 9.17) is 4.74 Å². The quantitative estimate of drug-likeness (QED) is 0.848. The van der Waals surface area contributed by atoms with Crippen molar-refractivity contribution < 1.29 is 14.3 Å². The molecule has 1 heterocycles. The zero-order chi connectivity index (χ0) is 14.4. The van der Waals surface area contributed by atoms with Crippen molar-refractivity contribution in [3.8, 4) is 0 Å². The number of carbonyl (C=O) groups is 2. The normalized spacial score (nSPS) is 18.9. The zero-order valence-electron chi connectivity index (χ0n) is 11.9. The van der Waals surface area contributed by atoms with Gasteiger partial charge in [-0.1, -0.05) is 43.7 Å². The third kappa shape index (κ3) is 3.83. The molecule has 1 fully saturated rings. The smallest absolute Gasteiger partial charge is 0.410 e. The number of likely N-dealkylation sites (tertiary alicyclic amines) is 1. The summed E-state index contributed by atoms with van der Waals surface area (Å²) in [5.74, 6) is 0.261. The Morgan fingerprint density at radius 2 is 2.10 bits per heavy atom. The SMILES string of the molecule is CCC[C@@H]1CN(C(=O)OCc2ccccc2)CCC1=O. The molecule has 0 bridgehead atoms. The van der Waals surface area contributed by atoms with Gasteiger partial charge in [0.25, 0.3) is 0 Å². The summed E-state index contributed by atoms with van der Waals surface area (Å²) in [7, 11) is 0. The lowest BCUT2D eigenvalue weighted by molar-refractivity contribution is -0.126. The highest BCUT2D eigenvalue weighted by molar-refractivity contribution is 5.83. The van der Waals surface area contributed by atoms with Crippen molar-refractivity contribution in [2.45, 2.75) is 32.8 Å². The van der Waals surface area contributed by atoms with Gasteiger partial charge in [0.2, 0.25) is 0 Å². The van der Waals surface area contributed by atoms with E-state index in [1.165, 1.54) is 0 Å². The van der Waals surface area contributed by atoms with E-state index >= 15 is 0 Å². The summed E-state index contributed by atoms with van der Waals surface area (Å²) >= 11 is 0. The van der Waals surface area contributed by atoms with E-state index in [0.717, 1.165) is 18.4 Å². The molecular formula is C16H21NO3. The molecule has 20 heavy (non-hydrogen) atoms. The second-order valence-electron chi connectivity index (χ2n) is 5.19. The first kappa shape index (κ1) is 14.6. The minimum Gasteiger partial charge on any atom is -0.445 e. The van der Waals surface area contributed by atoms with E-state index in [-0.39, 0.29) is 24.4 Å². The third-order valence-corrected chi connectivity index (χ3v) is 3.62. The first-order chi connectivity index (χ1) is 9.70. The maximum absolute atomic E-state index is 12.0. The lowest BCUT2D eigenvalue weighted by Gasteiger charge is -2.30. The molecule has 4 heteroatoms. The van der Waals surface area contributed by atoms with Crippen LogP contribution in [0.2, 0.25) is 0 Å². The van der Waals surface area contributed by atoms with Gasteiger partial charge in [-0.3, -0.25) is 4.79 Å². The average Bonchev–Trinajstić information content (AvgIpc) is 2.48. The molecular weight excluding hydrogens is 254 g/mol. The van der Waals surface area contributed by atoms with Crippen LogP contribution in [0.5, 0.6) is 0 Å². The lowest BCUT2D eigenvalue weighted by atomic mass is 9.92. The Morgan fingerprint density at radius 3 is 2.80 bits per heavy atom. The van der Waals surface area contributed by atoms with Gasteiger partial charge in [0.1, 0.15) is 12.4 Å². The van der Waals surface area contributed by atoms with Crippen LogP contribution in [-0.4, -0.2) is 29.9 Å². The molecule has 1 saturated heterocycles. The number of hydrogen-bond acceptors (Lipinski definition) is 3. The molecule has 0 spiro atoms. The molecule has 1 amide bonds. The molecule has 2 rings (SSSR count). The molecule has 4 nitrogen and oxygen atoms in total. The van der Waals surface area contributed by atoms with Crippen molar-refractivity contribution in [3.63, 3.8) is 0 Å². The van der Waals surface area contributed by atoms with Crippen molar-refractivity contribution in [2.75, 3.05) is 13.1 Å². The van der Waals surface area contributed by atoms with Gasteiger partial charge in [-0.15, -0.1) is 0 Å². The monoisotopic (exact) mass is 275 g/mol. The molecule has 0 saturated carbocycles. The summed E-state index contributed by atoms with van der Waals surface area (Å²) in [6, 6.07) is 9.61. The van der Waals surface area contributed by atoms with Gasteiger partial charge in [0.05, 0.1) is 0 Å². The molecule has 0 unspecified atom stereocenters. The minimum atomic E-state index is -0.317. The van der Waals surface area contributed by atoms with Crippen LogP contribution < -0.4 is 0 Å². The first-order valence-corrected chi connectivity index (χ1v) is 7.19. The molecule has 1 atom stereocenters. The second-order valence-corrected chi connectivity index (χ2v) is 5.19. The Hall–Kier alpha value is -1.84. The summed E-state index contributed by atoms with van der Waals surface area (Å²) in [6.07, 6.45) is 1.94. The fourth-order valence-electron chi connectivity index (χ4n) is 2.49. The summed E-state index contributed by atoms with van der Waals surface area (Å²) in [4.78, 5) is 25.4. The number of rotatable bonds is 4. The molecule has 0 aliphatic carbocycles. The molecule has 1 aliphatic heterocycles. The van der Waals surface area contributed by atoms with E-state index in [1.54, 1.807) is 4.90 Å². The van der Waals surface area contributed by atoms with Crippen LogP contribution in [0.3, 0.4) is 0 Å². The van der Waals surface area contributed by atoms with Crippen molar-refractivity contribution >= 4 is 11.9 Å². The number of ketones is 1. The van der Waals surface area contributed by atoms with Gasteiger partial charge in [-0.2, -0.15) is 0 Å². The van der Waals surface area contributed by atoms with E-state index in [9.17, 15) is 9.59 Å². The zero-order valence-corrected chi connectivity index (χ0v) is 11.9. The maximum atomic E-state index is 12.0. The Kier molecular flexibility index (Phi) is 5.16. The Bertz CT molecular complexity index is 458. The van der Waals surface area contributed by atoms with E-state index in [1.807, 2.05) is 30.3 Å². The number of amides is 1. The molecule has 1 aromatic carbocycles. The van der Waals surface area contributed by atoms with Crippen LogP contribution in [0.15, 0.2) is 30.3 Å². The number of carbonyl (C=O) groups excluding carboxylic acids is 2. The Balaban J connectivity index is 1.84. The van der Waals surface area contributed by atoms with Gasteiger partial charge in [0.15, 0.2) is 0 Å². The van der Waals surface area contributed by atoms with Gasteiger partial charge < -0.3 is 9.64 Å². The van der Waals surface area contributed by atoms with Crippen molar-refractivity contribution in [1.82, 2.24) is 4.90 Å². The van der Waals surface area contributed by atoms with E-state index in [0.29, 0.717) is 19.5 Å². The Morgan fingerprint density at radius 1 is 1.35 bits per heavy atom. The number of Topliss-reactive ketones (excluding diaryl/α,β-unsaturated/α-hetero) is 1.